The van der Waals surface area contributed by atoms with E-state index in [0.29, 0.717) is 6.54 Å². The Balaban J connectivity index is 2.47. The van der Waals surface area contributed by atoms with Gasteiger partial charge in [0.25, 0.3) is 0 Å². The summed E-state index contributed by atoms with van der Waals surface area (Å²) in [7, 11) is -1.34. The Labute approximate surface area is 99.2 Å². The summed E-state index contributed by atoms with van der Waals surface area (Å²) < 4.78 is 26.3. The molecule has 0 bridgehead atoms. The summed E-state index contributed by atoms with van der Waals surface area (Å²) in [5, 5.41) is 2.86. The number of rotatable bonds is 5. The third-order valence-corrected chi connectivity index (χ3v) is 4.61. The van der Waals surface area contributed by atoms with Crippen LogP contribution in [0, 0.1) is 5.41 Å². The molecule has 0 aliphatic heterocycles. The van der Waals surface area contributed by atoms with Crippen LogP contribution in [0.3, 0.4) is 0 Å². The van der Waals surface area contributed by atoms with Crippen molar-refractivity contribution in [2.24, 2.45) is 5.41 Å². The summed E-state index contributed by atoms with van der Waals surface area (Å²) >= 11 is 0. The Kier molecular flexibility index (Phi) is 4.76. The standard InChI is InChI=1S/C11H24N2O2S/c1-11(2)6-4-5-10(9-11)13-16(14,15)8-7-12-3/h10,12-13H,4-9H2,1-3H3. The minimum Gasteiger partial charge on any atom is -0.319 e. The van der Waals surface area contributed by atoms with Crippen molar-refractivity contribution < 1.29 is 8.42 Å². The van der Waals surface area contributed by atoms with Crippen LogP contribution in [0.4, 0.5) is 0 Å². The van der Waals surface area contributed by atoms with E-state index < -0.39 is 10.0 Å². The van der Waals surface area contributed by atoms with Crippen molar-refractivity contribution in [1.82, 2.24) is 10.0 Å². The molecular weight excluding hydrogens is 224 g/mol. The summed E-state index contributed by atoms with van der Waals surface area (Å²) in [5.74, 6) is 0.167. The van der Waals surface area contributed by atoms with E-state index in [0.717, 1.165) is 19.3 Å². The van der Waals surface area contributed by atoms with Crippen LogP contribution in [-0.2, 0) is 10.0 Å². The summed E-state index contributed by atoms with van der Waals surface area (Å²) in [6, 6.07) is 0.130. The van der Waals surface area contributed by atoms with Crippen molar-refractivity contribution in [1.29, 1.82) is 0 Å². The van der Waals surface area contributed by atoms with Crippen molar-refractivity contribution in [3.05, 3.63) is 0 Å². The number of sulfonamides is 1. The quantitative estimate of drug-likeness (QED) is 0.766. The highest BCUT2D eigenvalue weighted by Gasteiger charge is 2.29. The highest BCUT2D eigenvalue weighted by Crippen LogP contribution is 2.35. The fraction of sp³-hybridized carbons (Fsp3) is 1.00. The average molecular weight is 248 g/mol. The lowest BCUT2D eigenvalue weighted by molar-refractivity contribution is 0.212. The van der Waals surface area contributed by atoms with Crippen molar-refractivity contribution >= 4 is 10.0 Å². The van der Waals surface area contributed by atoms with Gasteiger partial charge in [0.05, 0.1) is 5.75 Å². The normalized spacial score (nSPS) is 25.6. The van der Waals surface area contributed by atoms with E-state index in [1.54, 1.807) is 7.05 Å². The molecule has 1 atom stereocenters. The number of hydrogen-bond donors (Lipinski definition) is 2. The molecule has 96 valence electrons. The molecule has 4 nitrogen and oxygen atoms in total. The SMILES string of the molecule is CNCCS(=O)(=O)NC1CCCC(C)(C)C1. The van der Waals surface area contributed by atoms with Crippen molar-refractivity contribution in [3.63, 3.8) is 0 Å². The molecule has 0 aromatic carbocycles. The minimum atomic E-state index is -3.11. The van der Waals surface area contributed by atoms with E-state index >= 15 is 0 Å². The molecule has 1 unspecified atom stereocenters. The molecule has 0 radical (unpaired) electrons. The van der Waals surface area contributed by atoms with Crippen LogP contribution in [-0.4, -0.2) is 33.8 Å². The maximum atomic E-state index is 11.7. The van der Waals surface area contributed by atoms with E-state index in [9.17, 15) is 8.42 Å². The van der Waals surface area contributed by atoms with E-state index in [4.69, 9.17) is 0 Å². The first-order chi connectivity index (χ1) is 7.35. The lowest BCUT2D eigenvalue weighted by Crippen LogP contribution is -2.42. The maximum Gasteiger partial charge on any atom is 0.213 e. The molecule has 5 heteroatoms. The molecule has 0 spiro atoms. The van der Waals surface area contributed by atoms with E-state index in [1.165, 1.54) is 6.42 Å². The molecule has 0 saturated heterocycles. The third kappa shape index (κ3) is 4.80. The lowest BCUT2D eigenvalue weighted by atomic mass is 9.75. The summed E-state index contributed by atoms with van der Waals surface area (Å²) in [6.07, 6.45) is 4.24. The first-order valence-corrected chi connectivity index (χ1v) is 7.64. The molecule has 1 aliphatic rings. The van der Waals surface area contributed by atoms with Gasteiger partial charge in [-0.2, -0.15) is 0 Å². The predicted molar refractivity (Wildman–Crippen MR) is 66.9 cm³/mol. The van der Waals surface area contributed by atoms with Gasteiger partial charge in [0.15, 0.2) is 0 Å². The molecular formula is C11H24N2O2S. The van der Waals surface area contributed by atoms with Crippen LogP contribution in [0.25, 0.3) is 0 Å². The van der Waals surface area contributed by atoms with Gasteiger partial charge in [0.2, 0.25) is 10.0 Å². The first-order valence-electron chi connectivity index (χ1n) is 5.99. The van der Waals surface area contributed by atoms with Crippen LogP contribution >= 0.6 is 0 Å². The maximum absolute atomic E-state index is 11.7. The van der Waals surface area contributed by atoms with Crippen LogP contribution in [0.2, 0.25) is 0 Å². The van der Waals surface area contributed by atoms with Gasteiger partial charge >= 0.3 is 0 Å². The van der Waals surface area contributed by atoms with Gasteiger partial charge in [-0.05, 0) is 31.7 Å². The van der Waals surface area contributed by atoms with Crippen LogP contribution in [0.15, 0.2) is 0 Å². The monoisotopic (exact) mass is 248 g/mol. The summed E-state index contributed by atoms with van der Waals surface area (Å²) in [4.78, 5) is 0. The van der Waals surface area contributed by atoms with Crippen LogP contribution in [0.5, 0.6) is 0 Å². The second kappa shape index (κ2) is 5.47. The van der Waals surface area contributed by atoms with Crippen LogP contribution < -0.4 is 10.0 Å². The zero-order chi connectivity index (χ0) is 12.2. The third-order valence-electron chi connectivity index (χ3n) is 3.17. The Morgan fingerprint density at radius 3 is 2.62 bits per heavy atom. The lowest BCUT2D eigenvalue weighted by Gasteiger charge is -2.35. The van der Waals surface area contributed by atoms with Crippen LogP contribution in [0.1, 0.15) is 39.5 Å². The molecule has 0 amide bonds. The van der Waals surface area contributed by atoms with E-state index in [-0.39, 0.29) is 17.2 Å². The molecule has 1 rings (SSSR count). The molecule has 0 aromatic heterocycles. The molecule has 0 heterocycles. The topological polar surface area (TPSA) is 58.2 Å². The Bertz CT molecular complexity index is 312. The zero-order valence-electron chi connectivity index (χ0n) is 10.5. The van der Waals surface area contributed by atoms with Gasteiger partial charge in [-0.1, -0.05) is 20.3 Å². The van der Waals surface area contributed by atoms with Gasteiger partial charge in [-0.25, -0.2) is 13.1 Å². The van der Waals surface area contributed by atoms with Gasteiger partial charge in [0, 0.05) is 12.6 Å². The molecule has 2 N–H and O–H groups in total. The van der Waals surface area contributed by atoms with Gasteiger partial charge in [-0.15, -0.1) is 0 Å². The van der Waals surface area contributed by atoms with Crippen molar-refractivity contribution in [3.8, 4) is 0 Å². The largest absolute Gasteiger partial charge is 0.319 e. The smallest absolute Gasteiger partial charge is 0.213 e. The Morgan fingerprint density at radius 2 is 2.06 bits per heavy atom. The predicted octanol–water partition coefficient (Wildman–Crippen LogP) is 1.09. The van der Waals surface area contributed by atoms with Gasteiger partial charge in [-0.3, -0.25) is 0 Å². The van der Waals surface area contributed by atoms with Crippen molar-refractivity contribution in [2.45, 2.75) is 45.6 Å². The fourth-order valence-corrected chi connectivity index (χ4v) is 3.65. The molecule has 1 saturated carbocycles. The second-order valence-electron chi connectivity index (χ2n) is 5.50. The highest BCUT2D eigenvalue weighted by molar-refractivity contribution is 7.89. The molecule has 16 heavy (non-hydrogen) atoms. The Hall–Kier alpha value is -0.130. The van der Waals surface area contributed by atoms with Crippen molar-refractivity contribution in [2.75, 3.05) is 19.3 Å². The second-order valence-corrected chi connectivity index (χ2v) is 7.37. The van der Waals surface area contributed by atoms with E-state index in [2.05, 4.69) is 23.9 Å². The first kappa shape index (κ1) is 13.9. The van der Waals surface area contributed by atoms with Gasteiger partial charge < -0.3 is 5.32 Å². The summed E-state index contributed by atoms with van der Waals surface area (Å²) in [5.41, 5.74) is 0.272. The average Bonchev–Trinajstić information content (AvgIpc) is 2.12. The fourth-order valence-electron chi connectivity index (χ4n) is 2.35. The number of hydrogen-bond acceptors (Lipinski definition) is 3. The molecule has 1 aliphatic carbocycles. The van der Waals surface area contributed by atoms with Gasteiger partial charge in [0.1, 0.15) is 0 Å². The van der Waals surface area contributed by atoms with E-state index in [1.807, 2.05) is 0 Å². The summed E-state index contributed by atoms with van der Waals surface area (Å²) in [6.45, 7) is 4.92. The zero-order valence-corrected chi connectivity index (χ0v) is 11.4. The minimum absolute atomic E-state index is 0.130. The molecule has 1 fully saturated rings. The number of nitrogens with one attached hydrogen (secondary N) is 2. The Morgan fingerprint density at radius 1 is 1.38 bits per heavy atom. The molecule has 0 aromatic rings. The highest BCUT2D eigenvalue weighted by atomic mass is 32.2.